The average Bonchev–Trinajstić information content (AvgIpc) is 3.35. The standard InChI is InChI=1S/C20H21ClN6O3/c1-12(15-9-22-13(2)23-10-15)24-19(28)27-11-17(26-7-8-30-20(26)29)18(25-27)14-3-5-16(21)6-4-14/h3-6,9-10,12,17H,7-8,11H2,1-2H3,(H,24,28)/t12-,17?/m1/s1. The van der Waals surface area contributed by atoms with Gasteiger partial charge in [0.2, 0.25) is 0 Å². The van der Waals surface area contributed by atoms with Gasteiger partial charge in [-0.2, -0.15) is 5.10 Å². The molecule has 4 rings (SSSR count). The number of amides is 3. The molecule has 1 fully saturated rings. The summed E-state index contributed by atoms with van der Waals surface area (Å²) >= 11 is 6.00. The molecular formula is C20H21ClN6O3. The van der Waals surface area contributed by atoms with Crippen molar-refractivity contribution in [1.29, 1.82) is 0 Å². The Balaban J connectivity index is 1.55. The largest absolute Gasteiger partial charge is 0.448 e. The summed E-state index contributed by atoms with van der Waals surface area (Å²) in [5, 5.41) is 9.36. The van der Waals surface area contributed by atoms with Gasteiger partial charge in [-0.3, -0.25) is 4.90 Å². The molecule has 30 heavy (non-hydrogen) atoms. The number of carbonyl (C=O) groups is 2. The van der Waals surface area contributed by atoms with Gasteiger partial charge < -0.3 is 10.1 Å². The minimum Gasteiger partial charge on any atom is -0.448 e. The molecule has 1 aromatic heterocycles. The molecule has 10 heteroatoms. The molecule has 1 N–H and O–H groups in total. The molecule has 0 spiro atoms. The maximum absolute atomic E-state index is 12.9. The fourth-order valence-corrected chi connectivity index (χ4v) is 3.52. The van der Waals surface area contributed by atoms with Gasteiger partial charge >= 0.3 is 12.1 Å². The predicted molar refractivity (Wildman–Crippen MR) is 110 cm³/mol. The molecule has 2 aliphatic heterocycles. The molecule has 3 amide bonds. The van der Waals surface area contributed by atoms with Crippen LogP contribution in [0.2, 0.25) is 5.02 Å². The fourth-order valence-electron chi connectivity index (χ4n) is 3.39. The van der Waals surface area contributed by atoms with Gasteiger partial charge in [0.15, 0.2) is 0 Å². The van der Waals surface area contributed by atoms with Crippen LogP contribution in [-0.4, -0.2) is 63.5 Å². The molecule has 1 unspecified atom stereocenters. The number of ether oxygens (including phenoxy) is 1. The lowest BCUT2D eigenvalue weighted by Gasteiger charge is -2.23. The number of benzene rings is 1. The number of halogens is 1. The van der Waals surface area contributed by atoms with E-state index < -0.39 is 12.1 Å². The predicted octanol–water partition coefficient (Wildman–Crippen LogP) is 2.75. The second-order valence-corrected chi connectivity index (χ2v) is 7.57. The first kappa shape index (κ1) is 20.1. The van der Waals surface area contributed by atoms with Crippen molar-refractivity contribution in [2.45, 2.75) is 25.9 Å². The molecule has 2 aliphatic rings. The highest BCUT2D eigenvalue weighted by Crippen LogP contribution is 2.23. The third-order valence-corrected chi connectivity index (χ3v) is 5.33. The molecule has 1 saturated heterocycles. The van der Waals surface area contributed by atoms with E-state index in [-0.39, 0.29) is 18.6 Å². The summed E-state index contributed by atoms with van der Waals surface area (Å²) in [6.45, 7) is 4.65. The fraction of sp³-hybridized carbons (Fsp3) is 0.350. The Morgan fingerprint density at radius 2 is 1.97 bits per heavy atom. The highest BCUT2D eigenvalue weighted by atomic mass is 35.5. The van der Waals surface area contributed by atoms with E-state index in [9.17, 15) is 9.59 Å². The van der Waals surface area contributed by atoms with Crippen LogP contribution in [0.25, 0.3) is 0 Å². The zero-order chi connectivity index (χ0) is 21.3. The van der Waals surface area contributed by atoms with Crippen molar-refractivity contribution < 1.29 is 14.3 Å². The first-order valence-electron chi connectivity index (χ1n) is 9.57. The van der Waals surface area contributed by atoms with Gasteiger partial charge in [-0.05, 0) is 26.0 Å². The minimum absolute atomic E-state index is 0.232. The molecule has 0 aliphatic carbocycles. The first-order valence-corrected chi connectivity index (χ1v) is 9.94. The number of aromatic nitrogens is 2. The van der Waals surface area contributed by atoms with Crippen molar-refractivity contribution in [3.05, 3.63) is 58.6 Å². The number of aryl methyl sites for hydroxylation is 1. The van der Waals surface area contributed by atoms with E-state index >= 15 is 0 Å². The lowest BCUT2D eigenvalue weighted by molar-refractivity contribution is 0.150. The van der Waals surface area contributed by atoms with Crippen LogP contribution in [0.4, 0.5) is 9.59 Å². The van der Waals surface area contributed by atoms with E-state index in [4.69, 9.17) is 16.3 Å². The molecule has 0 radical (unpaired) electrons. The molecule has 3 heterocycles. The van der Waals surface area contributed by atoms with Crippen molar-refractivity contribution in [1.82, 2.24) is 25.2 Å². The monoisotopic (exact) mass is 428 g/mol. The van der Waals surface area contributed by atoms with Gasteiger partial charge in [-0.25, -0.2) is 24.6 Å². The van der Waals surface area contributed by atoms with Crippen LogP contribution in [0.15, 0.2) is 41.8 Å². The Morgan fingerprint density at radius 3 is 2.60 bits per heavy atom. The van der Waals surface area contributed by atoms with E-state index in [0.717, 1.165) is 11.1 Å². The Hall–Kier alpha value is -3.20. The normalized spacial score (nSPS) is 19.5. The van der Waals surface area contributed by atoms with E-state index in [1.54, 1.807) is 36.4 Å². The zero-order valence-electron chi connectivity index (χ0n) is 16.6. The number of urea groups is 1. The number of hydrazone groups is 1. The number of nitrogens with zero attached hydrogens (tertiary/aromatic N) is 5. The van der Waals surface area contributed by atoms with Crippen LogP contribution in [0.5, 0.6) is 0 Å². The summed E-state index contributed by atoms with van der Waals surface area (Å²) in [6, 6.07) is 6.08. The third kappa shape index (κ3) is 4.06. The van der Waals surface area contributed by atoms with Gasteiger partial charge in [-0.15, -0.1) is 0 Å². The maximum atomic E-state index is 12.9. The van der Waals surface area contributed by atoms with E-state index in [1.165, 1.54) is 5.01 Å². The summed E-state index contributed by atoms with van der Waals surface area (Å²) in [6.07, 6.45) is 2.96. The summed E-state index contributed by atoms with van der Waals surface area (Å²) in [7, 11) is 0. The second kappa shape index (κ2) is 8.27. The lowest BCUT2D eigenvalue weighted by Crippen LogP contribution is -2.46. The van der Waals surface area contributed by atoms with Crippen LogP contribution < -0.4 is 5.32 Å². The molecule has 0 bridgehead atoms. The number of cyclic esters (lactones) is 1. The van der Waals surface area contributed by atoms with Crippen LogP contribution in [0, 0.1) is 6.92 Å². The van der Waals surface area contributed by atoms with E-state index in [1.807, 2.05) is 19.1 Å². The van der Waals surface area contributed by atoms with Gasteiger partial charge in [-0.1, -0.05) is 23.7 Å². The minimum atomic E-state index is -0.408. The quantitative estimate of drug-likeness (QED) is 0.807. The van der Waals surface area contributed by atoms with Crippen molar-refractivity contribution in [3.8, 4) is 0 Å². The summed E-state index contributed by atoms with van der Waals surface area (Å²) in [4.78, 5) is 35.0. The SMILES string of the molecule is Cc1ncc([C@@H](C)NC(=O)N2CC(N3CCOC3=O)C(c3ccc(Cl)cc3)=N2)cn1. The van der Waals surface area contributed by atoms with Gasteiger partial charge in [0.05, 0.1) is 30.9 Å². The van der Waals surface area contributed by atoms with Crippen LogP contribution in [-0.2, 0) is 4.74 Å². The zero-order valence-corrected chi connectivity index (χ0v) is 17.3. The summed E-state index contributed by atoms with van der Waals surface area (Å²) < 4.78 is 5.09. The van der Waals surface area contributed by atoms with Crippen molar-refractivity contribution in [2.24, 2.45) is 5.10 Å². The smallest absolute Gasteiger partial charge is 0.410 e. The molecule has 1 aromatic carbocycles. The Kier molecular flexibility index (Phi) is 5.54. The number of hydrogen-bond acceptors (Lipinski definition) is 6. The number of hydrogen-bond donors (Lipinski definition) is 1. The van der Waals surface area contributed by atoms with Gasteiger partial charge in [0.25, 0.3) is 0 Å². The van der Waals surface area contributed by atoms with E-state index in [0.29, 0.717) is 29.7 Å². The number of rotatable bonds is 4. The van der Waals surface area contributed by atoms with Gasteiger partial charge in [0, 0.05) is 28.5 Å². The topological polar surface area (TPSA) is 100 Å². The molecular weight excluding hydrogens is 408 g/mol. The number of nitrogens with one attached hydrogen (secondary N) is 1. The van der Waals surface area contributed by atoms with Crippen molar-refractivity contribution in [2.75, 3.05) is 19.7 Å². The molecule has 156 valence electrons. The van der Waals surface area contributed by atoms with Crippen LogP contribution in [0.1, 0.15) is 29.9 Å². The van der Waals surface area contributed by atoms with Crippen molar-refractivity contribution in [3.63, 3.8) is 0 Å². The first-order chi connectivity index (χ1) is 14.4. The highest BCUT2D eigenvalue weighted by molar-refractivity contribution is 6.30. The number of carbonyl (C=O) groups excluding carboxylic acids is 2. The maximum Gasteiger partial charge on any atom is 0.410 e. The lowest BCUT2D eigenvalue weighted by atomic mass is 10.0. The second-order valence-electron chi connectivity index (χ2n) is 7.13. The highest BCUT2D eigenvalue weighted by Gasteiger charge is 2.40. The summed E-state index contributed by atoms with van der Waals surface area (Å²) in [5.74, 6) is 0.661. The Morgan fingerprint density at radius 1 is 1.27 bits per heavy atom. The molecule has 2 aromatic rings. The third-order valence-electron chi connectivity index (χ3n) is 5.07. The van der Waals surface area contributed by atoms with Crippen molar-refractivity contribution >= 4 is 29.4 Å². The summed E-state index contributed by atoms with van der Waals surface area (Å²) in [5.41, 5.74) is 2.20. The van der Waals surface area contributed by atoms with Crippen LogP contribution >= 0.6 is 11.6 Å². The molecule has 9 nitrogen and oxygen atoms in total. The Bertz CT molecular complexity index is 979. The van der Waals surface area contributed by atoms with Gasteiger partial charge in [0.1, 0.15) is 12.4 Å². The average molecular weight is 429 g/mol. The van der Waals surface area contributed by atoms with E-state index in [2.05, 4.69) is 20.4 Å². The van der Waals surface area contributed by atoms with Crippen LogP contribution in [0.3, 0.4) is 0 Å². The molecule has 2 atom stereocenters. The molecule has 0 saturated carbocycles. The Labute approximate surface area is 178 Å².